The highest BCUT2D eigenvalue weighted by Gasteiger charge is 2.48. The second-order valence-electron chi connectivity index (χ2n) is 15.5. The van der Waals surface area contributed by atoms with Crippen LogP contribution in [0.5, 0.6) is 0 Å². The van der Waals surface area contributed by atoms with Crippen LogP contribution in [0.3, 0.4) is 0 Å². The number of carbonyl (C=O) groups excluding carboxylic acids is 1. The largest absolute Gasteiger partial charge is 1.00 e. The van der Waals surface area contributed by atoms with Crippen molar-refractivity contribution in [1.29, 1.82) is 0 Å². The predicted octanol–water partition coefficient (Wildman–Crippen LogP) is -0.201. The molecule has 47 heavy (non-hydrogen) atoms. The van der Waals surface area contributed by atoms with Crippen LogP contribution in [-0.4, -0.2) is 75.4 Å². The molecule has 0 saturated carbocycles. The minimum atomic E-state index is -0.112. The molecule has 0 amide bonds. The fourth-order valence-electron chi connectivity index (χ4n) is 9.57. The van der Waals surface area contributed by atoms with Gasteiger partial charge in [-0.15, -0.1) is 0 Å². The molecule has 8 nitrogen and oxygen atoms in total. The van der Waals surface area contributed by atoms with Crippen LogP contribution < -0.4 is 46.1 Å². The normalized spacial score (nSPS) is 30.9. The third kappa shape index (κ3) is 9.12. The molecule has 268 valence electrons. The number of nitrogens with one attached hydrogen (secondary N) is 4. The van der Waals surface area contributed by atoms with E-state index in [1.54, 1.807) is 0 Å². The van der Waals surface area contributed by atoms with Crippen molar-refractivity contribution in [2.45, 2.75) is 205 Å². The quantitative estimate of drug-likeness (QED) is 0.102. The van der Waals surface area contributed by atoms with Crippen LogP contribution in [0.2, 0.25) is 0 Å². The van der Waals surface area contributed by atoms with Gasteiger partial charge in [-0.25, -0.2) is 10.1 Å². The van der Waals surface area contributed by atoms with Gasteiger partial charge in [-0.05, 0) is 72.1 Å². The first-order chi connectivity index (χ1) is 21.9. The Kier molecular flexibility index (Phi) is 14.5. The van der Waals surface area contributed by atoms with Crippen molar-refractivity contribution >= 4 is 17.9 Å². The summed E-state index contributed by atoms with van der Waals surface area (Å²) in [6, 6.07) is 3.83. The van der Waals surface area contributed by atoms with Gasteiger partial charge in [0.15, 0.2) is 0 Å². The highest BCUT2D eigenvalue weighted by atomic mass is 35.5. The number of esters is 1. The fraction of sp³-hybridized carbons (Fsp3) is 0.865. The average molecular weight is 696 g/mol. The molecular weight excluding hydrogens is 631 g/mol. The van der Waals surface area contributed by atoms with Crippen LogP contribution in [0.1, 0.15) is 156 Å². The maximum absolute atomic E-state index is 13.5. The van der Waals surface area contributed by atoms with E-state index in [9.17, 15) is 4.79 Å². The topological polar surface area (TPSA) is 80.4 Å². The summed E-state index contributed by atoms with van der Waals surface area (Å²) in [6.45, 7) is 8.74. The maximum atomic E-state index is 13.5. The molecule has 6 aliphatic rings. The number of unbranched alkanes of at least 4 members (excludes halogenated alkanes) is 8. The molecule has 0 aromatic heterocycles. The van der Waals surface area contributed by atoms with E-state index in [0.717, 1.165) is 55.0 Å². The molecule has 6 aliphatic heterocycles. The van der Waals surface area contributed by atoms with Gasteiger partial charge >= 0.3 is 17.9 Å². The second kappa shape index (κ2) is 17.8. The first-order valence-corrected chi connectivity index (χ1v) is 19.2. The Labute approximate surface area is 297 Å². The van der Waals surface area contributed by atoms with Crippen molar-refractivity contribution in [3.05, 3.63) is 11.3 Å². The van der Waals surface area contributed by atoms with E-state index in [0.29, 0.717) is 24.2 Å². The van der Waals surface area contributed by atoms with Crippen molar-refractivity contribution in [2.24, 2.45) is 0 Å². The number of hydrogen-bond acceptors (Lipinski definition) is 6. The summed E-state index contributed by atoms with van der Waals surface area (Å²) < 4.78 is 11.2. The molecule has 2 fully saturated rings. The Balaban J connectivity index is 0.00000250. The number of allylic oxidation sites excluding steroid dienone is 1. The molecule has 0 aliphatic carbocycles. The lowest BCUT2D eigenvalue weighted by Crippen LogP contribution is -3.00. The lowest BCUT2D eigenvalue weighted by Gasteiger charge is -2.35. The maximum Gasteiger partial charge on any atom is 0.351 e. The van der Waals surface area contributed by atoms with Gasteiger partial charge in [0.05, 0.1) is 48.1 Å². The minimum Gasteiger partial charge on any atom is -1.00 e. The van der Waals surface area contributed by atoms with Gasteiger partial charge in [0.2, 0.25) is 0 Å². The molecule has 4 N–H and O–H groups in total. The minimum absolute atomic E-state index is 0. The fourth-order valence-corrected chi connectivity index (χ4v) is 9.57. The molecule has 0 unspecified atom stereocenters. The van der Waals surface area contributed by atoms with Gasteiger partial charge in [-0.3, -0.25) is 25.1 Å². The smallest absolute Gasteiger partial charge is 0.351 e. The SMILES string of the molecule is CCCCCCCCC[C@@H]1C[C@@H]2CC[C@H]3C(C(=O)O[C@@H](C)CCCCC[C@@H]4C[C@@H]5CC[C@@H]6C[C@H](C)NC(=[N+]65)N4)=C(C)NC(=[N+]23)N1.[Cl-].[Cl-]. The monoisotopic (exact) mass is 694 g/mol. The van der Waals surface area contributed by atoms with Crippen LogP contribution in [0, 0.1) is 0 Å². The van der Waals surface area contributed by atoms with E-state index in [4.69, 9.17) is 4.74 Å². The summed E-state index contributed by atoms with van der Waals surface area (Å²) in [7, 11) is 0. The number of halogens is 2. The summed E-state index contributed by atoms with van der Waals surface area (Å²) in [6.07, 6.45) is 25.1. The number of guanidine groups is 2. The van der Waals surface area contributed by atoms with Crippen molar-refractivity contribution in [3.8, 4) is 0 Å². The molecule has 6 heterocycles. The average Bonchev–Trinajstić information content (AvgIpc) is 3.61. The lowest BCUT2D eigenvalue weighted by molar-refractivity contribution is -0.593. The zero-order valence-corrected chi connectivity index (χ0v) is 31.2. The standard InChI is InChI=1S/C37H62N6O2.2ClH/c1-5-6-7-8-9-10-13-16-29-24-32-20-21-33-34(27(4)39-37(41-29)43(32)33)35(44)45-26(3)15-12-11-14-17-28-23-31-19-18-30-22-25(2)38-36(40-28)42(30)31;;/h25-26,28-33H,5-24H2,1-4H3,(H2,38,39,40,41,44);2*1H/t25-,26-,28+,29+,30+,31-,32-,33-;;/m0../s1. The van der Waals surface area contributed by atoms with Crippen LogP contribution in [0.4, 0.5) is 0 Å². The highest BCUT2D eigenvalue weighted by molar-refractivity contribution is 5.93. The number of carbonyl (C=O) groups is 1. The molecule has 0 aromatic rings. The summed E-state index contributed by atoms with van der Waals surface area (Å²) in [5.74, 6) is 2.32. The van der Waals surface area contributed by atoms with Crippen molar-refractivity contribution in [1.82, 2.24) is 21.3 Å². The van der Waals surface area contributed by atoms with Crippen LogP contribution in [-0.2, 0) is 9.53 Å². The zero-order chi connectivity index (χ0) is 31.3. The summed E-state index contributed by atoms with van der Waals surface area (Å²) >= 11 is 0. The third-order valence-corrected chi connectivity index (χ3v) is 11.8. The van der Waals surface area contributed by atoms with Crippen LogP contribution >= 0.6 is 0 Å². The molecule has 6 rings (SSSR count). The summed E-state index contributed by atoms with van der Waals surface area (Å²) in [4.78, 5) is 13.5. The predicted molar refractivity (Wildman–Crippen MR) is 182 cm³/mol. The van der Waals surface area contributed by atoms with Crippen molar-refractivity contribution in [3.63, 3.8) is 0 Å². The summed E-state index contributed by atoms with van der Waals surface area (Å²) in [5.41, 5.74) is 1.83. The molecule has 0 radical (unpaired) electrons. The van der Waals surface area contributed by atoms with Gasteiger partial charge in [0, 0.05) is 19.3 Å². The number of hydrogen-bond donors (Lipinski definition) is 4. The van der Waals surface area contributed by atoms with Gasteiger partial charge in [-0.1, -0.05) is 64.7 Å². The van der Waals surface area contributed by atoms with E-state index < -0.39 is 0 Å². The Bertz CT molecular complexity index is 1160. The van der Waals surface area contributed by atoms with Crippen molar-refractivity contribution in [2.75, 3.05) is 0 Å². The molecule has 2 saturated heterocycles. The second-order valence-corrected chi connectivity index (χ2v) is 15.5. The molecule has 0 aromatic carbocycles. The molecule has 10 heteroatoms. The molecular formula is C37H64Cl2N6O2. The van der Waals surface area contributed by atoms with Gasteiger partial charge in [0.1, 0.15) is 11.6 Å². The van der Waals surface area contributed by atoms with Gasteiger partial charge in [-0.2, -0.15) is 0 Å². The van der Waals surface area contributed by atoms with E-state index in [2.05, 4.69) is 58.1 Å². The van der Waals surface area contributed by atoms with Gasteiger partial charge in [0.25, 0.3) is 0 Å². The van der Waals surface area contributed by atoms with Gasteiger partial charge < -0.3 is 29.6 Å². The molecule has 0 spiro atoms. The highest BCUT2D eigenvalue weighted by Crippen LogP contribution is 2.35. The Hall–Kier alpha value is -1.67. The molecule has 0 bridgehead atoms. The van der Waals surface area contributed by atoms with E-state index >= 15 is 0 Å². The van der Waals surface area contributed by atoms with Crippen LogP contribution in [0.25, 0.3) is 0 Å². The first kappa shape index (κ1) is 38.1. The first-order valence-electron chi connectivity index (χ1n) is 19.2. The van der Waals surface area contributed by atoms with E-state index in [-0.39, 0.29) is 42.9 Å². The van der Waals surface area contributed by atoms with E-state index in [1.165, 1.54) is 109 Å². The number of ether oxygens (including phenoxy) is 1. The molecule has 8 atom stereocenters. The van der Waals surface area contributed by atoms with E-state index in [1.807, 2.05) is 0 Å². The third-order valence-electron chi connectivity index (χ3n) is 11.8. The summed E-state index contributed by atoms with van der Waals surface area (Å²) in [5, 5.41) is 15.0. The Morgan fingerprint density at radius 1 is 0.766 bits per heavy atom. The van der Waals surface area contributed by atoms with Crippen LogP contribution in [0.15, 0.2) is 11.3 Å². The van der Waals surface area contributed by atoms with Crippen molar-refractivity contribution < 1.29 is 43.5 Å². The Morgan fingerprint density at radius 2 is 1.34 bits per heavy atom. The number of nitrogens with zero attached hydrogens (tertiary/aromatic N) is 2. The zero-order valence-electron chi connectivity index (χ0n) is 29.7. The lowest BCUT2D eigenvalue weighted by atomic mass is 9.97. The Morgan fingerprint density at radius 3 is 2.04 bits per heavy atom. The number of rotatable bonds is 16.